The maximum absolute atomic E-state index is 13.1. The van der Waals surface area contributed by atoms with Crippen LogP contribution in [0.4, 0.5) is 10.5 Å². The van der Waals surface area contributed by atoms with Crippen molar-refractivity contribution >= 4 is 29.0 Å². The van der Waals surface area contributed by atoms with Crippen molar-refractivity contribution in [3.05, 3.63) is 82.0 Å². The number of amides is 3. The third-order valence-electron chi connectivity index (χ3n) is 6.95. The van der Waals surface area contributed by atoms with Gasteiger partial charge in [0, 0.05) is 75.0 Å². The lowest BCUT2D eigenvalue weighted by Gasteiger charge is -2.34. The number of carbonyl (C=O) groups is 2. The number of rotatable bonds is 10. The fraction of sp³-hybridized carbons (Fsp3) is 0.379. The van der Waals surface area contributed by atoms with Gasteiger partial charge >= 0.3 is 6.03 Å². The number of urea groups is 1. The van der Waals surface area contributed by atoms with Gasteiger partial charge in [0.1, 0.15) is 12.4 Å². The second-order valence-electron chi connectivity index (χ2n) is 9.82. The number of thiophene rings is 1. The number of piperazine rings is 1. The van der Waals surface area contributed by atoms with Crippen molar-refractivity contribution in [2.45, 2.75) is 13.1 Å². The third kappa shape index (κ3) is 6.72. The van der Waals surface area contributed by atoms with E-state index in [2.05, 4.69) is 57.9 Å². The Hall–Kier alpha value is -3.40. The first-order valence-electron chi connectivity index (χ1n) is 13.1. The van der Waals surface area contributed by atoms with Crippen molar-refractivity contribution in [2.24, 2.45) is 0 Å². The molecule has 1 N–H and O–H groups in total. The zero-order chi connectivity index (χ0) is 26.3. The molecule has 3 aromatic rings. The highest BCUT2D eigenvalue weighted by Gasteiger charge is 2.25. The number of nitrogens with zero attached hydrogens (tertiary/aromatic N) is 4. The minimum absolute atomic E-state index is 0.0169. The van der Waals surface area contributed by atoms with E-state index >= 15 is 0 Å². The molecule has 0 unspecified atom stereocenters. The van der Waals surface area contributed by atoms with Gasteiger partial charge in [-0.15, -0.1) is 11.3 Å². The maximum atomic E-state index is 13.1. The molecular weight excluding hydrogens is 498 g/mol. The molecule has 3 heterocycles. The molecule has 200 valence electrons. The van der Waals surface area contributed by atoms with Crippen LogP contribution in [-0.2, 0) is 13.1 Å². The zero-order valence-corrected chi connectivity index (χ0v) is 22.7. The number of nitrogens with one attached hydrogen (secondary N) is 1. The van der Waals surface area contributed by atoms with E-state index < -0.39 is 0 Å². The van der Waals surface area contributed by atoms with E-state index in [-0.39, 0.29) is 11.9 Å². The Labute approximate surface area is 228 Å². The van der Waals surface area contributed by atoms with Crippen LogP contribution in [0.5, 0.6) is 5.75 Å². The number of anilines is 1. The number of carbonyl (C=O) groups excluding carboxylic acids is 2. The van der Waals surface area contributed by atoms with Gasteiger partial charge in [0.15, 0.2) is 0 Å². The van der Waals surface area contributed by atoms with E-state index in [1.54, 1.807) is 16.2 Å². The van der Waals surface area contributed by atoms with E-state index in [9.17, 15) is 9.59 Å². The van der Waals surface area contributed by atoms with Crippen molar-refractivity contribution < 1.29 is 14.3 Å². The molecule has 2 aliphatic rings. The number of hydrogen-bond acceptors (Lipinski definition) is 6. The molecule has 5 rings (SSSR count). The van der Waals surface area contributed by atoms with Gasteiger partial charge in [-0.1, -0.05) is 24.3 Å². The molecule has 9 heteroatoms. The second kappa shape index (κ2) is 12.4. The highest BCUT2D eigenvalue weighted by atomic mass is 32.1. The van der Waals surface area contributed by atoms with Crippen LogP contribution < -0.4 is 15.0 Å². The predicted molar refractivity (Wildman–Crippen MR) is 151 cm³/mol. The van der Waals surface area contributed by atoms with Crippen LogP contribution in [-0.4, -0.2) is 86.1 Å². The molecule has 0 bridgehead atoms. The first-order chi connectivity index (χ1) is 18.5. The molecule has 2 aliphatic heterocycles. The van der Waals surface area contributed by atoms with Gasteiger partial charge < -0.3 is 15.0 Å². The Bertz CT molecular complexity index is 1230. The smallest absolute Gasteiger partial charge is 0.321 e. The predicted octanol–water partition coefficient (Wildman–Crippen LogP) is 3.75. The van der Waals surface area contributed by atoms with Crippen LogP contribution in [0.25, 0.3) is 0 Å². The number of hydrogen-bond donors (Lipinski definition) is 1. The highest BCUT2D eigenvalue weighted by molar-refractivity contribution is 7.09. The van der Waals surface area contributed by atoms with Crippen LogP contribution in [0, 0.1) is 0 Å². The Kier molecular flexibility index (Phi) is 8.58. The van der Waals surface area contributed by atoms with Crippen molar-refractivity contribution in [1.82, 2.24) is 20.0 Å². The van der Waals surface area contributed by atoms with Gasteiger partial charge in [-0.25, -0.2) is 4.79 Å². The molecule has 0 atom stereocenters. The van der Waals surface area contributed by atoms with Crippen LogP contribution in [0.3, 0.4) is 0 Å². The zero-order valence-electron chi connectivity index (χ0n) is 21.8. The van der Waals surface area contributed by atoms with E-state index in [0.29, 0.717) is 38.3 Å². The van der Waals surface area contributed by atoms with Crippen LogP contribution in [0.2, 0.25) is 0 Å². The standard InChI is InChI=1S/C29H35N5O3S/c1-31(22-27-9-4-18-38-27)21-23-5-2-8-26(19-23)37-17-16-32-12-14-33(15-13-32)28(35)24-6-3-7-25(20-24)34-11-10-30-29(34)36/h2-9,18-20H,10-17,21-22H2,1H3,(H,30,36). The minimum Gasteiger partial charge on any atom is -0.492 e. The summed E-state index contributed by atoms with van der Waals surface area (Å²) in [7, 11) is 2.14. The third-order valence-corrected chi connectivity index (χ3v) is 7.82. The summed E-state index contributed by atoms with van der Waals surface area (Å²) in [6.07, 6.45) is 0. The molecule has 0 radical (unpaired) electrons. The first kappa shape index (κ1) is 26.2. The van der Waals surface area contributed by atoms with Crippen molar-refractivity contribution in [3.63, 3.8) is 0 Å². The molecule has 2 saturated heterocycles. The molecule has 0 spiro atoms. The van der Waals surface area contributed by atoms with Crippen molar-refractivity contribution in [1.29, 1.82) is 0 Å². The normalized spacial score (nSPS) is 16.2. The average Bonchev–Trinajstić information content (AvgIpc) is 3.60. The Morgan fingerprint density at radius 1 is 1.00 bits per heavy atom. The fourth-order valence-electron chi connectivity index (χ4n) is 4.94. The van der Waals surface area contributed by atoms with Crippen LogP contribution >= 0.6 is 11.3 Å². The topological polar surface area (TPSA) is 68.4 Å². The Morgan fingerprint density at radius 2 is 1.84 bits per heavy atom. The summed E-state index contributed by atoms with van der Waals surface area (Å²) < 4.78 is 6.08. The van der Waals surface area contributed by atoms with E-state index in [1.807, 2.05) is 35.2 Å². The van der Waals surface area contributed by atoms with Crippen LogP contribution in [0.1, 0.15) is 20.8 Å². The first-order valence-corrected chi connectivity index (χ1v) is 14.0. The second-order valence-corrected chi connectivity index (χ2v) is 10.8. The van der Waals surface area contributed by atoms with E-state index in [4.69, 9.17) is 4.74 Å². The molecular formula is C29H35N5O3S. The largest absolute Gasteiger partial charge is 0.492 e. The van der Waals surface area contributed by atoms with Gasteiger partial charge in [-0.05, 0) is 54.4 Å². The molecule has 2 fully saturated rings. The average molecular weight is 534 g/mol. The van der Waals surface area contributed by atoms with E-state index in [1.165, 1.54) is 10.4 Å². The fourth-order valence-corrected chi connectivity index (χ4v) is 5.73. The quantitative estimate of drug-likeness (QED) is 0.430. The minimum atomic E-state index is -0.112. The van der Waals surface area contributed by atoms with Crippen LogP contribution in [0.15, 0.2) is 66.0 Å². The number of ether oxygens (including phenoxy) is 1. The van der Waals surface area contributed by atoms with Crippen molar-refractivity contribution in [3.8, 4) is 5.75 Å². The molecule has 0 saturated carbocycles. The summed E-state index contributed by atoms with van der Waals surface area (Å²) in [6.45, 7) is 7.49. The summed E-state index contributed by atoms with van der Waals surface area (Å²) in [4.78, 5) is 34.7. The SMILES string of the molecule is CN(Cc1cccc(OCCN2CCN(C(=O)c3cccc(N4CCNC4=O)c3)CC2)c1)Cc1cccs1. The molecule has 3 amide bonds. The summed E-state index contributed by atoms with van der Waals surface area (Å²) in [5, 5.41) is 4.92. The Morgan fingerprint density at radius 3 is 2.61 bits per heavy atom. The van der Waals surface area contributed by atoms with Gasteiger partial charge in [-0.2, -0.15) is 0 Å². The lowest BCUT2D eigenvalue weighted by molar-refractivity contribution is 0.0620. The Balaban J connectivity index is 1.05. The molecule has 0 aliphatic carbocycles. The summed E-state index contributed by atoms with van der Waals surface area (Å²) in [6, 6.07) is 19.9. The van der Waals surface area contributed by atoms with Gasteiger partial charge in [-0.3, -0.25) is 19.5 Å². The summed E-state index contributed by atoms with van der Waals surface area (Å²) in [5.41, 5.74) is 2.63. The molecule has 2 aromatic carbocycles. The molecule has 1 aromatic heterocycles. The molecule has 38 heavy (non-hydrogen) atoms. The summed E-state index contributed by atoms with van der Waals surface area (Å²) in [5.74, 6) is 0.913. The van der Waals surface area contributed by atoms with E-state index in [0.717, 1.165) is 44.2 Å². The van der Waals surface area contributed by atoms with Gasteiger partial charge in [0.2, 0.25) is 0 Å². The maximum Gasteiger partial charge on any atom is 0.321 e. The molecule has 8 nitrogen and oxygen atoms in total. The lowest BCUT2D eigenvalue weighted by atomic mass is 10.1. The van der Waals surface area contributed by atoms with Gasteiger partial charge in [0.05, 0.1) is 0 Å². The highest BCUT2D eigenvalue weighted by Crippen LogP contribution is 2.20. The number of benzene rings is 2. The van der Waals surface area contributed by atoms with Gasteiger partial charge in [0.25, 0.3) is 5.91 Å². The van der Waals surface area contributed by atoms with Crippen molar-refractivity contribution in [2.75, 3.05) is 64.4 Å². The summed E-state index contributed by atoms with van der Waals surface area (Å²) >= 11 is 1.79. The lowest BCUT2D eigenvalue weighted by Crippen LogP contribution is -2.49. The monoisotopic (exact) mass is 533 g/mol.